The van der Waals surface area contributed by atoms with Gasteiger partial charge in [0.15, 0.2) is 0 Å². The van der Waals surface area contributed by atoms with Crippen LogP contribution >= 0.6 is 0 Å². The topological polar surface area (TPSA) is 460 Å². The van der Waals surface area contributed by atoms with Crippen molar-refractivity contribution < 1.29 is 83.4 Å². The van der Waals surface area contributed by atoms with Crippen molar-refractivity contribution in [1.82, 2.24) is 52.5 Å². The fourth-order valence-electron chi connectivity index (χ4n) is 5.95. The van der Waals surface area contributed by atoms with Gasteiger partial charge in [-0.25, -0.2) is 9.78 Å². The molecular formula is C40H57N11O17. The van der Waals surface area contributed by atoms with E-state index in [0.717, 1.165) is 13.8 Å². The van der Waals surface area contributed by atoms with Gasteiger partial charge >= 0.3 is 17.9 Å². The summed E-state index contributed by atoms with van der Waals surface area (Å²) >= 11 is 0. The molecule has 0 bridgehead atoms. The third-order valence-electron chi connectivity index (χ3n) is 9.66. The summed E-state index contributed by atoms with van der Waals surface area (Å²) < 4.78 is 0. The number of aliphatic hydroxyl groups is 3. The summed E-state index contributed by atoms with van der Waals surface area (Å²) in [6, 6.07) is -5.20. The van der Waals surface area contributed by atoms with Gasteiger partial charge in [0.05, 0.1) is 44.1 Å². The molecule has 0 saturated carbocycles. The van der Waals surface area contributed by atoms with Crippen molar-refractivity contribution >= 4 is 65.2 Å². The van der Waals surface area contributed by atoms with E-state index in [0.29, 0.717) is 11.3 Å². The molecule has 374 valence electrons. The third kappa shape index (κ3) is 19.5. The summed E-state index contributed by atoms with van der Waals surface area (Å²) in [6.07, 6.45) is -2.95. The maximum Gasteiger partial charge on any atom is 0.326 e. The number of nitrogens with zero attached hydrogens (tertiary/aromatic N) is 1. The largest absolute Gasteiger partial charge is 0.481 e. The molecule has 0 radical (unpaired) electrons. The standard InChI is InChI=1S/C40H57N11O17/c1-18(45-34(61)23(41)12-22-14-42-17-44-22)33(60)46-24(9-10-29(56)57)35(62)43-15-28(55)50-31(19(2)53)38(65)47-25(11-21-7-5-4-6-8-21)36(63)51-32(20(3)54)39(66)49-27(16-52)37(64)48-26(40(67)68)13-30(58)59/h4-8,14,17-20,23-27,31-32,52-54H,9-13,15-16,41H2,1-3H3,(H,42,44)(H,43,62)(H,45,61)(H,46,60)(H,47,65)(H,48,64)(H,49,66)(H,50,55)(H,51,63)(H,56,57)(H,58,59)(H,67,68)/t18-,19+,20+,23-,24-,25-,26-,27-,31-,32-/m0/s1. The average molecular weight is 964 g/mol. The SMILES string of the molecule is C[C@H](NC(=O)[C@@H](N)Cc1cnc[nH]1)C(=O)N[C@@H](CCC(=O)O)C(=O)NCC(=O)N[C@H](C(=O)N[C@@H](Cc1ccccc1)C(=O)N[C@H](C(=O)N[C@@H](CO)C(=O)N[C@@H](CC(=O)O)C(=O)O)[C@@H](C)O)[C@@H](C)O. The van der Waals surface area contributed by atoms with Crippen LogP contribution in [0.2, 0.25) is 0 Å². The predicted octanol–water partition coefficient (Wildman–Crippen LogP) is -6.77. The van der Waals surface area contributed by atoms with E-state index >= 15 is 0 Å². The molecule has 1 heterocycles. The number of aliphatic hydroxyl groups excluding tert-OH is 3. The average Bonchev–Trinajstić information content (AvgIpc) is 3.79. The van der Waals surface area contributed by atoms with E-state index in [9.17, 15) is 78.3 Å². The third-order valence-corrected chi connectivity index (χ3v) is 9.66. The Labute approximate surface area is 387 Å². The van der Waals surface area contributed by atoms with Crippen LogP contribution in [0, 0.1) is 0 Å². The number of hydrogen-bond acceptors (Lipinski definition) is 16. The molecule has 28 heteroatoms. The van der Waals surface area contributed by atoms with Gasteiger partial charge in [-0.1, -0.05) is 30.3 Å². The van der Waals surface area contributed by atoms with Crippen LogP contribution in [-0.2, 0) is 65.6 Å². The molecule has 10 atom stereocenters. The number of hydrogen-bond donors (Lipinski definition) is 16. The molecule has 8 amide bonds. The second-order valence-electron chi connectivity index (χ2n) is 15.3. The molecule has 0 saturated heterocycles. The Balaban J connectivity index is 2.18. The van der Waals surface area contributed by atoms with Crippen LogP contribution in [0.15, 0.2) is 42.9 Å². The van der Waals surface area contributed by atoms with Crippen molar-refractivity contribution in [3.05, 3.63) is 54.1 Å². The normalized spacial score (nSPS) is 15.3. The van der Waals surface area contributed by atoms with Crippen molar-refractivity contribution in [2.24, 2.45) is 5.73 Å². The maximum atomic E-state index is 13.8. The Morgan fingerprint density at radius 1 is 0.632 bits per heavy atom. The molecule has 0 aliphatic rings. The van der Waals surface area contributed by atoms with Crippen molar-refractivity contribution in [3.8, 4) is 0 Å². The van der Waals surface area contributed by atoms with Gasteiger partial charge in [-0.2, -0.15) is 0 Å². The number of carboxylic acids is 3. The monoisotopic (exact) mass is 963 g/mol. The molecule has 68 heavy (non-hydrogen) atoms. The second kappa shape index (κ2) is 27.8. The first-order chi connectivity index (χ1) is 31.9. The zero-order chi connectivity index (χ0) is 51.2. The van der Waals surface area contributed by atoms with Crippen molar-refractivity contribution in [1.29, 1.82) is 0 Å². The van der Waals surface area contributed by atoms with E-state index in [1.54, 1.807) is 30.3 Å². The highest BCUT2D eigenvalue weighted by molar-refractivity contribution is 5.98. The van der Waals surface area contributed by atoms with Crippen LogP contribution in [-0.4, -0.2) is 179 Å². The van der Waals surface area contributed by atoms with Gasteiger partial charge in [-0.15, -0.1) is 0 Å². The van der Waals surface area contributed by atoms with Crippen molar-refractivity contribution in [2.75, 3.05) is 13.2 Å². The molecule has 0 fully saturated rings. The highest BCUT2D eigenvalue weighted by Gasteiger charge is 2.36. The number of nitrogens with one attached hydrogen (secondary N) is 9. The lowest BCUT2D eigenvalue weighted by molar-refractivity contribution is -0.147. The molecule has 0 unspecified atom stereocenters. The Morgan fingerprint density at radius 2 is 1.19 bits per heavy atom. The minimum Gasteiger partial charge on any atom is -0.481 e. The fraction of sp³-hybridized carbons (Fsp3) is 0.500. The van der Waals surface area contributed by atoms with E-state index in [1.165, 1.54) is 19.4 Å². The highest BCUT2D eigenvalue weighted by atomic mass is 16.4. The molecule has 0 aliphatic heterocycles. The number of amides is 8. The summed E-state index contributed by atoms with van der Waals surface area (Å²) in [5.74, 6) is -13.4. The number of aromatic amines is 1. The first-order valence-corrected chi connectivity index (χ1v) is 20.7. The minimum absolute atomic E-state index is 0.0524. The smallest absolute Gasteiger partial charge is 0.326 e. The van der Waals surface area contributed by atoms with Crippen molar-refractivity contribution in [3.63, 3.8) is 0 Å². The lowest BCUT2D eigenvalue weighted by Gasteiger charge is -2.28. The number of nitrogens with two attached hydrogens (primary N) is 1. The summed E-state index contributed by atoms with van der Waals surface area (Å²) in [7, 11) is 0. The number of aliphatic carboxylic acids is 3. The Hall–Kier alpha value is -7.56. The van der Waals surface area contributed by atoms with E-state index in [4.69, 9.17) is 10.8 Å². The van der Waals surface area contributed by atoms with Gasteiger partial charge in [-0.3, -0.25) is 47.9 Å². The molecular weight excluding hydrogens is 906 g/mol. The maximum absolute atomic E-state index is 13.8. The van der Waals surface area contributed by atoms with Crippen LogP contribution < -0.4 is 48.3 Å². The van der Waals surface area contributed by atoms with Crippen LogP contribution in [0.25, 0.3) is 0 Å². The summed E-state index contributed by atoms with van der Waals surface area (Å²) in [6.45, 7) is 1.39. The number of benzene rings is 1. The van der Waals surface area contributed by atoms with Crippen LogP contribution in [0.1, 0.15) is 51.3 Å². The summed E-state index contributed by atoms with van der Waals surface area (Å²) in [4.78, 5) is 146. The van der Waals surface area contributed by atoms with Crippen LogP contribution in [0.5, 0.6) is 0 Å². The number of carboxylic acid groups (broad SMARTS) is 3. The number of H-pyrrole nitrogens is 1. The molecule has 17 N–H and O–H groups in total. The van der Waals surface area contributed by atoms with Gasteiger partial charge < -0.3 is 83.9 Å². The molecule has 28 nitrogen and oxygen atoms in total. The van der Waals surface area contributed by atoms with Crippen LogP contribution in [0.4, 0.5) is 0 Å². The quantitative estimate of drug-likeness (QED) is 0.0360. The second-order valence-corrected chi connectivity index (χ2v) is 15.3. The molecule has 1 aromatic heterocycles. The van der Waals surface area contributed by atoms with Gasteiger partial charge in [-0.05, 0) is 32.8 Å². The zero-order valence-electron chi connectivity index (χ0n) is 37.0. The lowest BCUT2D eigenvalue weighted by Crippen LogP contribution is -2.62. The molecule has 0 spiro atoms. The summed E-state index contributed by atoms with van der Waals surface area (Å²) in [5, 5.41) is 75.7. The van der Waals surface area contributed by atoms with Crippen molar-refractivity contribution in [2.45, 2.75) is 113 Å². The number of imidazole rings is 1. The van der Waals surface area contributed by atoms with Crippen LogP contribution in [0.3, 0.4) is 0 Å². The molecule has 0 aliphatic carbocycles. The number of aromatic nitrogens is 2. The molecule has 2 aromatic rings. The molecule has 2 rings (SSSR count). The van der Waals surface area contributed by atoms with Gasteiger partial charge in [0.2, 0.25) is 47.3 Å². The highest BCUT2D eigenvalue weighted by Crippen LogP contribution is 2.08. The number of carbonyl (C=O) groups is 11. The Kier molecular flexibility index (Phi) is 23.1. The van der Waals surface area contributed by atoms with E-state index < -0.39 is 158 Å². The first kappa shape index (κ1) is 56.6. The van der Waals surface area contributed by atoms with E-state index in [2.05, 4.69) is 41.9 Å². The Morgan fingerprint density at radius 3 is 1.72 bits per heavy atom. The Bertz CT molecular complexity index is 2090. The van der Waals surface area contributed by atoms with Gasteiger partial charge in [0.1, 0.15) is 42.3 Å². The van der Waals surface area contributed by atoms with Gasteiger partial charge in [0.25, 0.3) is 0 Å². The van der Waals surface area contributed by atoms with E-state index in [1.807, 2.05) is 10.6 Å². The van der Waals surface area contributed by atoms with Gasteiger partial charge in [0, 0.05) is 31.2 Å². The lowest BCUT2D eigenvalue weighted by atomic mass is 10.0. The predicted molar refractivity (Wildman–Crippen MR) is 230 cm³/mol. The molecule has 1 aromatic carbocycles. The first-order valence-electron chi connectivity index (χ1n) is 20.7. The summed E-state index contributed by atoms with van der Waals surface area (Å²) in [5.41, 5.74) is 6.88. The fourth-order valence-corrected chi connectivity index (χ4v) is 5.95. The minimum atomic E-state index is -1.96. The zero-order valence-corrected chi connectivity index (χ0v) is 37.0. The number of carbonyl (C=O) groups excluding carboxylic acids is 8. The number of rotatable bonds is 29. The van der Waals surface area contributed by atoms with E-state index in [-0.39, 0.29) is 12.8 Å².